The van der Waals surface area contributed by atoms with Gasteiger partial charge in [0.2, 0.25) is 5.82 Å². The maximum Gasteiger partial charge on any atom is 0.417 e. The lowest BCUT2D eigenvalue weighted by Gasteiger charge is -2.06. The van der Waals surface area contributed by atoms with Gasteiger partial charge in [-0.15, -0.1) is 0 Å². The SMILES string of the molecule is C=CCOc1nc(COc2ccc(Cl)cc2C)no1. The van der Waals surface area contributed by atoms with E-state index in [2.05, 4.69) is 16.7 Å². The molecule has 0 N–H and O–H groups in total. The summed E-state index contributed by atoms with van der Waals surface area (Å²) < 4.78 is 15.5. The molecule has 2 rings (SSSR count). The minimum absolute atomic E-state index is 0.103. The Morgan fingerprint density at radius 2 is 2.26 bits per heavy atom. The van der Waals surface area contributed by atoms with Crippen molar-refractivity contribution in [2.75, 3.05) is 6.61 Å². The Hall–Kier alpha value is -2.01. The molecule has 1 heterocycles. The molecule has 0 aliphatic carbocycles. The van der Waals surface area contributed by atoms with Gasteiger partial charge in [0.05, 0.1) is 0 Å². The molecule has 6 heteroatoms. The topological polar surface area (TPSA) is 57.4 Å². The molecule has 0 spiro atoms. The highest BCUT2D eigenvalue weighted by molar-refractivity contribution is 6.30. The predicted octanol–water partition coefficient (Wildman–Crippen LogP) is 3.18. The van der Waals surface area contributed by atoms with Crippen LogP contribution in [0.3, 0.4) is 0 Å². The first-order valence-corrected chi connectivity index (χ1v) is 6.02. The minimum Gasteiger partial charge on any atom is -0.485 e. The second kappa shape index (κ2) is 6.24. The highest BCUT2D eigenvalue weighted by atomic mass is 35.5. The number of halogens is 1. The molecule has 0 saturated carbocycles. The van der Waals surface area contributed by atoms with Gasteiger partial charge < -0.3 is 9.47 Å². The molecule has 19 heavy (non-hydrogen) atoms. The fourth-order valence-corrected chi connectivity index (χ4v) is 1.63. The van der Waals surface area contributed by atoms with Gasteiger partial charge in [-0.3, -0.25) is 4.52 Å². The summed E-state index contributed by atoms with van der Waals surface area (Å²) in [5.41, 5.74) is 0.944. The Bertz CT molecular complexity index is 569. The van der Waals surface area contributed by atoms with Crippen LogP contribution in [0.5, 0.6) is 11.8 Å². The molecule has 0 aliphatic heterocycles. The number of ether oxygens (including phenoxy) is 2. The molecule has 0 amide bonds. The summed E-state index contributed by atoms with van der Waals surface area (Å²) in [5.74, 6) is 1.14. The fourth-order valence-electron chi connectivity index (χ4n) is 1.40. The van der Waals surface area contributed by atoms with Gasteiger partial charge in [0.15, 0.2) is 6.61 Å². The Kier molecular flexibility index (Phi) is 4.41. The smallest absolute Gasteiger partial charge is 0.417 e. The first-order chi connectivity index (χ1) is 9.19. The molecule has 0 saturated heterocycles. The van der Waals surface area contributed by atoms with Crippen LogP contribution in [0.25, 0.3) is 0 Å². The first kappa shape index (κ1) is 13.4. The van der Waals surface area contributed by atoms with Crippen LogP contribution in [-0.2, 0) is 6.61 Å². The van der Waals surface area contributed by atoms with Crippen molar-refractivity contribution >= 4 is 11.6 Å². The van der Waals surface area contributed by atoms with Gasteiger partial charge in [-0.1, -0.05) is 29.4 Å². The van der Waals surface area contributed by atoms with Gasteiger partial charge in [-0.2, -0.15) is 4.98 Å². The molecule has 2 aromatic rings. The summed E-state index contributed by atoms with van der Waals surface area (Å²) in [4.78, 5) is 4.01. The van der Waals surface area contributed by atoms with E-state index in [4.69, 9.17) is 25.6 Å². The number of hydrogen-bond acceptors (Lipinski definition) is 5. The molecule has 100 valence electrons. The molecule has 1 aromatic heterocycles. The van der Waals surface area contributed by atoms with Crippen molar-refractivity contribution in [2.24, 2.45) is 0 Å². The van der Waals surface area contributed by atoms with Crippen LogP contribution < -0.4 is 9.47 Å². The lowest BCUT2D eigenvalue weighted by Crippen LogP contribution is -1.99. The Morgan fingerprint density at radius 1 is 1.42 bits per heavy atom. The number of aromatic nitrogens is 2. The summed E-state index contributed by atoms with van der Waals surface area (Å²) >= 11 is 5.87. The van der Waals surface area contributed by atoms with Crippen molar-refractivity contribution in [3.05, 3.63) is 47.3 Å². The average molecular weight is 281 g/mol. The van der Waals surface area contributed by atoms with Crippen molar-refractivity contribution in [1.29, 1.82) is 0 Å². The molecule has 0 atom stereocenters. The first-order valence-electron chi connectivity index (χ1n) is 5.64. The van der Waals surface area contributed by atoms with Crippen LogP contribution in [0.4, 0.5) is 0 Å². The third-order valence-electron chi connectivity index (χ3n) is 2.27. The van der Waals surface area contributed by atoms with E-state index in [1.165, 1.54) is 0 Å². The molecule has 0 bridgehead atoms. The minimum atomic E-state index is 0.103. The second-order valence-electron chi connectivity index (χ2n) is 3.77. The van der Waals surface area contributed by atoms with Crippen molar-refractivity contribution in [2.45, 2.75) is 13.5 Å². The maximum absolute atomic E-state index is 5.87. The number of nitrogens with zero attached hydrogens (tertiary/aromatic N) is 2. The van der Waals surface area contributed by atoms with Gasteiger partial charge in [-0.25, -0.2) is 0 Å². The van der Waals surface area contributed by atoms with E-state index in [0.717, 1.165) is 11.3 Å². The van der Waals surface area contributed by atoms with E-state index in [1.54, 1.807) is 18.2 Å². The van der Waals surface area contributed by atoms with Crippen LogP contribution in [0.15, 0.2) is 35.4 Å². The van der Waals surface area contributed by atoms with E-state index < -0.39 is 0 Å². The molecular formula is C13H13ClN2O3. The third-order valence-corrected chi connectivity index (χ3v) is 2.50. The zero-order chi connectivity index (χ0) is 13.7. The lowest BCUT2D eigenvalue weighted by molar-refractivity contribution is 0.224. The zero-order valence-electron chi connectivity index (χ0n) is 10.4. The Balaban J connectivity index is 1.94. The predicted molar refractivity (Wildman–Crippen MR) is 70.5 cm³/mol. The highest BCUT2D eigenvalue weighted by Crippen LogP contribution is 2.22. The van der Waals surface area contributed by atoms with Crippen LogP contribution >= 0.6 is 11.6 Å². The van der Waals surface area contributed by atoms with Crippen LogP contribution in [-0.4, -0.2) is 16.7 Å². The number of benzene rings is 1. The molecule has 1 aromatic carbocycles. The molecule has 0 unspecified atom stereocenters. The second-order valence-corrected chi connectivity index (χ2v) is 4.21. The van der Waals surface area contributed by atoms with Gasteiger partial charge in [0.25, 0.3) is 0 Å². The maximum atomic E-state index is 5.87. The van der Waals surface area contributed by atoms with E-state index in [-0.39, 0.29) is 12.7 Å². The molecule has 0 aliphatic rings. The number of rotatable bonds is 6. The van der Waals surface area contributed by atoms with E-state index >= 15 is 0 Å². The zero-order valence-corrected chi connectivity index (χ0v) is 11.2. The van der Waals surface area contributed by atoms with Crippen molar-refractivity contribution in [1.82, 2.24) is 10.1 Å². The number of hydrogen-bond donors (Lipinski definition) is 0. The van der Waals surface area contributed by atoms with E-state index in [0.29, 0.717) is 17.5 Å². The standard InChI is InChI=1S/C13H13ClN2O3/c1-3-6-17-13-15-12(16-19-13)8-18-11-5-4-10(14)7-9(11)2/h3-5,7H,1,6,8H2,2H3. The van der Waals surface area contributed by atoms with Crippen molar-refractivity contribution in [3.63, 3.8) is 0 Å². The Morgan fingerprint density at radius 3 is 3.00 bits per heavy atom. The lowest BCUT2D eigenvalue weighted by atomic mass is 10.2. The molecular weight excluding hydrogens is 268 g/mol. The van der Waals surface area contributed by atoms with Gasteiger partial charge in [0.1, 0.15) is 12.4 Å². The van der Waals surface area contributed by atoms with Gasteiger partial charge >= 0.3 is 6.08 Å². The van der Waals surface area contributed by atoms with Crippen LogP contribution in [0.2, 0.25) is 5.02 Å². The highest BCUT2D eigenvalue weighted by Gasteiger charge is 2.08. The summed E-state index contributed by atoms with van der Waals surface area (Å²) in [7, 11) is 0. The third kappa shape index (κ3) is 3.72. The Labute approximate surface area is 115 Å². The molecule has 0 radical (unpaired) electrons. The van der Waals surface area contributed by atoms with Crippen molar-refractivity contribution in [3.8, 4) is 11.8 Å². The van der Waals surface area contributed by atoms with Crippen molar-refractivity contribution < 1.29 is 14.0 Å². The molecule has 5 nitrogen and oxygen atoms in total. The quantitative estimate of drug-likeness (QED) is 0.761. The molecule has 0 fully saturated rings. The van der Waals surface area contributed by atoms with E-state index in [1.807, 2.05) is 13.0 Å². The normalized spacial score (nSPS) is 10.2. The fraction of sp³-hybridized carbons (Fsp3) is 0.231. The summed E-state index contributed by atoms with van der Waals surface area (Å²) in [5, 5.41) is 4.41. The monoisotopic (exact) mass is 280 g/mol. The largest absolute Gasteiger partial charge is 0.485 e. The summed E-state index contributed by atoms with van der Waals surface area (Å²) in [6, 6.07) is 5.39. The van der Waals surface area contributed by atoms with Gasteiger partial charge in [-0.05, 0) is 30.7 Å². The summed E-state index contributed by atoms with van der Waals surface area (Å²) in [6.45, 7) is 5.95. The van der Waals surface area contributed by atoms with Crippen LogP contribution in [0.1, 0.15) is 11.4 Å². The average Bonchev–Trinajstić information content (AvgIpc) is 2.83. The van der Waals surface area contributed by atoms with Gasteiger partial charge in [0, 0.05) is 5.02 Å². The van der Waals surface area contributed by atoms with Crippen LogP contribution in [0, 0.1) is 6.92 Å². The van der Waals surface area contributed by atoms with E-state index in [9.17, 15) is 0 Å². The summed E-state index contributed by atoms with van der Waals surface area (Å²) in [6.07, 6.45) is 1.70. The number of aryl methyl sites for hydroxylation is 1.